The molecule has 1 N–H and O–H groups in total. The number of hydrogen-bond acceptors (Lipinski definition) is 3. The lowest BCUT2D eigenvalue weighted by Gasteiger charge is -2.52. The van der Waals surface area contributed by atoms with Crippen LogP contribution in [0.2, 0.25) is 0 Å². The molecule has 0 bridgehead atoms. The van der Waals surface area contributed by atoms with Crippen LogP contribution in [-0.2, 0) is 9.53 Å². The standard InChI is InChI=1S/C15H24N2O2/c1-4-19-12-9-11(14(12,2)3)17-13(18)15(10-16)7-5-6-8-15/h11-12H,4-9H2,1-3H3,(H,17,18). The number of carbonyl (C=O) groups excluding carboxylic acids is 1. The molecule has 0 aliphatic heterocycles. The van der Waals surface area contributed by atoms with Gasteiger partial charge in [0.15, 0.2) is 0 Å². The Labute approximate surface area is 115 Å². The maximum absolute atomic E-state index is 12.4. The number of ether oxygens (including phenoxy) is 1. The van der Waals surface area contributed by atoms with Crippen LogP contribution in [0.25, 0.3) is 0 Å². The van der Waals surface area contributed by atoms with Crippen molar-refractivity contribution in [2.24, 2.45) is 10.8 Å². The number of rotatable bonds is 4. The fraction of sp³-hybridized carbons (Fsp3) is 0.867. The monoisotopic (exact) mass is 264 g/mol. The summed E-state index contributed by atoms with van der Waals surface area (Å²) >= 11 is 0. The third kappa shape index (κ3) is 2.36. The fourth-order valence-electron chi connectivity index (χ4n) is 3.28. The van der Waals surface area contributed by atoms with E-state index in [4.69, 9.17) is 4.74 Å². The van der Waals surface area contributed by atoms with Crippen LogP contribution in [-0.4, -0.2) is 24.7 Å². The van der Waals surface area contributed by atoms with Gasteiger partial charge in [-0.25, -0.2) is 0 Å². The topological polar surface area (TPSA) is 62.1 Å². The lowest BCUT2D eigenvalue weighted by atomic mass is 9.64. The molecule has 2 unspecified atom stereocenters. The molecule has 4 nitrogen and oxygen atoms in total. The van der Waals surface area contributed by atoms with Gasteiger partial charge >= 0.3 is 0 Å². The summed E-state index contributed by atoms with van der Waals surface area (Å²) in [5.74, 6) is -0.0690. The van der Waals surface area contributed by atoms with Gasteiger partial charge in [-0.15, -0.1) is 0 Å². The Kier molecular flexibility index (Phi) is 3.87. The van der Waals surface area contributed by atoms with Crippen molar-refractivity contribution in [3.63, 3.8) is 0 Å². The van der Waals surface area contributed by atoms with Crippen LogP contribution in [0.3, 0.4) is 0 Å². The third-order valence-electron chi connectivity index (χ3n) is 4.96. The summed E-state index contributed by atoms with van der Waals surface area (Å²) in [7, 11) is 0. The van der Waals surface area contributed by atoms with Gasteiger partial charge in [0.25, 0.3) is 0 Å². The largest absolute Gasteiger partial charge is 0.378 e. The summed E-state index contributed by atoms with van der Waals surface area (Å²) in [4.78, 5) is 12.4. The molecule has 2 aliphatic rings. The van der Waals surface area contributed by atoms with E-state index in [2.05, 4.69) is 25.2 Å². The second-order valence-corrected chi connectivity index (χ2v) is 6.43. The van der Waals surface area contributed by atoms with Gasteiger partial charge in [-0.3, -0.25) is 4.79 Å². The average molecular weight is 264 g/mol. The van der Waals surface area contributed by atoms with E-state index in [0.717, 1.165) is 19.3 Å². The minimum absolute atomic E-state index is 0.0408. The van der Waals surface area contributed by atoms with Crippen LogP contribution < -0.4 is 5.32 Å². The zero-order chi connectivity index (χ0) is 14.1. The number of nitriles is 1. The van der Waals surface area contributed by atoms with Gasteiger partial charge in [0.1, 0.15) is 5.41 Å². The van der Waals surface area contributed by atoms with E-state index in [-0.39, 0.29) is 23.5 Å². The zero-order valence-corrected chi connectivity index (χ0v) is 12.2. The Morgan fingerprint density at radius 1 is 1.42 bits per heavy atom. The highest BCUT2D eigenvalue weighted by atomic mass is 16.5. The van der Waals surface area contributed by atoms with Crippen LogP contribution in [0.5, 0.6) is 0 Å². The summed E-state index contributed by atoms with van der Waals surface area (Å²) in [5.41, 5.74) is -0.812. The minimum Gasteiger partial charge on any atom is -0.378 e. The number of nitrogens with zero attached hydrogens (tertiary/aromatic N) is 1. The number of hydrogen-bond donors (Lipinski definition) is 1. The molecule has 4 heteroatoms. The van der Waals surface area contributed by atoms with E-state index in [1.54, 1.807) is 0 Å². The van der Waals surface area contributed by atoms with Crippen LogP contribution in [0.15, 0.2) is 0 Å². The summed E-state index contributed by atoms with van der Waals surface area (Å²) in [6, 6.07) is 2.38. The first-order chi connectivity index (χ1) is 8.96. The van der Waals surface area contributed by atoms with Crippen molar-refractivity contribution in [1.82, 2.24) is 5.32 Å². The van der Waals surface area contributed by atoms with Gasteiger partial charge in [0.2, 0.25) is 5.91 Å². The van der Waals surface area contributed by atoms with Gasteiger partial charge in [-0.1, -0.05) is 26.7 Å². The van der Waals surface area contributed by atoms with Crippen molar-refractivity contribution < 1.29 is 9.53 Å². The molecule has 19 heavy (non-hydrogen) atoms. The van der Waals surface area contributed by atoms with Crippen LogP contribution in [0.1, 0.15) is 52.9 Å². The van der Waals surface area contributed by atoms with Gasteiger partial charge in [-0.05, 0) is 26.2 Å². The van der Waals surface area contributed by atoms with E-state index >= 15 is 0 Å². The molecule has 2 fully saturated rings. The molecule has 2 atom stereocenters. The van der Waals surface area contributed by atoms with Crippen LogP contribution in [0.4, 0.5) is 0 Å². The second kappa shape index (κ2) is 5.13. The lowest BCUT2D eigenvalue weighted by molar-refractivity contribution is -0.142. The van der Waals surface area contributed by atoms with Gasteiger partial charge in [0, 0.05) is 18.1 Å². The molecule has 0 spiro atoms. The summed E-state index contributed by atoms with van der Waals surface area (Å²) in [6.45, 7) is 6.94. The van der Waals surface area contributed by atoms with E-state index in [1.807, 2.05) is 6.92 Å². The van der Waals surface area contributed by atoms with E-state index in [0.29, 0.717) is 19.4 Å². The Hall–Kier alpha value is -1.08. The SMILES string of the molecule is CCOC1CC(NC(=O)C2(C#N)CCCC2)C1(C)C. The minimum atomic E-state index is -0.771. The van der Waals surface area contributed by atoms with Crippen molar-refractivity contribution >= 4 is 5.91 Å². The Bertz CT molecular complexity index is 391. The van der Waals surface area contributed by atoms with Gasteiger partial charge in [-0.2, -0.15) is 5.26 Å². The first-order valence-corrected chi connectivity index (χ1v) is 7.30. The maximum Gasteiger partial charge on any atom is 0.240 e. The normalized spacial score (nSPS) is 31.3. The molecule has 0 aromatic rings. The van der Waals surface area contributed by atoms with Gasteiger partial charge < -0.3 is 10.1 Å². The van der Waals surface area contributed by atoms with E-state index in [1.165, 1.54) is 0 Å². The van der Waals surface area contributed by atoms with Crippen LogP contribution in [0, 0.1) is 22.2 Å². The van der Waals surface area contributed by atoms with Gasteiger partial charge in [0.05, 0.1) is 12.2 Å². The number of amides is 1. The molecule has 0 radical (unpaired) electrons. The number of carbonyl (C=O) groups is 1. The smallest absolute Gasteiger partial charge is 0.240 e. The Morgan fingerprint density at radius 3 is 2.53 bits per heavy atom. The summed E-state index contributed by atoms with van der Waals surface area (Å²) in [6.07, 6.45) is 4.44. The van der Waals surface area contributed by atoms with E-state index in [9.17, 15) is 10.1 Å². The van der Waals surface area contributed by atoms with Crippen molar-refractivity contribution in [2.75, 3.05) is 6.61 Å². The molecule has 0 aromatic carbocycles. The molecule has 0 aromatic heterocycles. The second-order valence-electron chi connectivity index (χ2n) is 6.43. The fourth-order valence-corrected chi connectivity index (χ4v) is 3.28. The molecule has 2 saturated carbocycles. The lowest BCUT2D eigenvalue weighted by Crippen LogP contribution is -2.63. The predicted octanol–water partition coefficient (Wildman–Crippen LogP) is 2.39. The van der Waals surface area contributed by atoms with E-state index < -0.39 is 5.41 Å². The van der Waals surface area contributed by atoms with Crippen LogP contribution >= 0.6 is 0 Å². The molecule has 2 aliphatic carbocycles. The first kappa shape index (κ1) is 14.3. The molecule has 0 saturated heterocycles. The molecular formula is C15H24N2O2. The Morgan fingerprint density at radius 2 is 2.05 bits per heavy atom. The molecule has 2 rings (SSSR count). The molecule has 1 amide bonds. The highest BCUT2D eigenvalue weighted by molar-refractivity contribution is 5.86. The predicted molar refractivity (Wildman–Crippen MR) is 72.3 cm³/mol. The number of nitrogens with one attached hydrogen (secondary N) is 1. The van der Waals surface area contributed by atoms with Crippen molar-refractivity contribution in [3.8, 4) is 6.07 Å². The van der Waals surface area contributed by atoms with Crippen molar-refractivity contribution in [3.05, 3.63) is 0 Å². The maximum atomic E-state index is 12.4. The zero-order valence-electron chi connectivity index (χ0n) is 12.2. The first-order valence-electron chi connectivity index (χ1n) is 7.30. The molecule has 0 heterocycles. The van der Waals surface area contributed by atoms with Crippen molar-refractivity contribution in [1.29, 1.82) is 5.26 Å². The third-order valence-corrected chi connectivity index (χ3v) is 4.96. The van der Waals surface area contributed by atoms with Crippen molar-refractivity contribution in [2.45, 2.75) is 65.0 Å². The quantitative estimate of drug-likeness (QED) is 0.848. The summed E-state index contributed by atoms with van der Waals surface area (Å²) < 4.78 is 5.67. The summed E-state index contributed by atoms with van der Waals surface area (Å²) in [5, 5.41) is 12.4. The molecule has 106 valence electrons. The molecular weight excluding hydrogens is 240 g/mol. The highest BCUT2D eigenvalue weighted by Gasteiger charge is 2.52. The average Bonchev–Trinajstić information content (AvgIpc) is 2.87. The highest BCUT2D eigenvalue weighted by Crippen LogP contribution is 2.44. The Balaban J connectivity index is 1.96.